The Morgan fingerprint density at radius 2 is 2.12 bits per heavy atom. The average Bonchev–Trinajstić information content (AvgIpc) is 2.55. The van der Waals surface area contributed by atoms with Crippen LogP contribution in [-0.4, -0.2) is 22.4 Å². The van der Waals surface area contributed by atoms with Gasteiger partial charge in [0.1, 0.15) is 17.5 Å². The number of ether oxygens (including phenoxy) is 1. The topological polar surface area (TPSA) is 144 Å². The van der Waals surface area contributed by atoms with E-state index in [0.717, 1.165) is 0 Å². The van der Waals surface area contributed by atoms with E-state index < -0.39 is 4.92 Å². The highest BCUT2D eigenvalue weighted by atomic mass is 16.6. The summed E-state index contributed by atoms with van der Waals surface area (Å²) in [7, 11) is 0. The lowest BCUT2D eigenvalue weighted by atomic mass is 10.1. The smallest absolute Gasteiger partial charge is 0.269 e. The van der Waals surface area contributed by atoms with Gasteiger partial charge < -0.3 is 15.8 Å². The first-order valence-electron chi connectivity index (χ1n) is 7.31. The van der Waals surface area contributed by atoms with Crippen LogP contribution in [0.2, 0.25) is 0 Å². The number of nitrogens with zero attached hydrogens (tertiary/aromatic N) is 3. The Hall–Kier alpha value is -3.67. The quantitative estimate of drug-likeness (QED) is 0.604. The second-order valence-electron chi connectivity index (χ2n) is 4.97. The molecular formula is C16H15N5O4. The molecule has 0 radical (unpaired) electrons. The van der Waals surface area contributed by atoms with Crippen molar-refractivity contribution in [1.82, 2.24) is 4.98 Å². The lowest BCUT2D eigenvalue weighted by molar-refractivity contribution is -0.384. The first kappa shape index (κ1) is 17.7. The minimum Gasteiger partial charge on any atom is -0.477 e. The Balaban J connectivity index is 2.12. The van der Waals surface area contributed by atoms with E-state index in [0.29, 0.717) is 12.2 Å². The molecule has 0 saturated heterocycles. The number of nitriles is 1. The van der Waals surface area contributed by atoms with E-state index in [4.69, 9.17) is 15.7 Å². The molecule has 25 heavy (non-hydrogen) atoms. The zero-order chi connectivity index (χ0) is 18.4. The number of nitro groups is 1. The SMILES string of the molecule is CCOc1nc(NC(=O)Cc2ccc([N+](=O)[O-])cc2)cc(N)c1C#N. The Morgan fingerprint density at radius 3 is 2.68 bits per heavy atom. The molecule has 0 aliphatic carbocycles. The van der Waals surface area contributed by atoms with Gasteiger partial charge in [-0.15, -0.1) is 0 Å². The van der Waals surface area contributed by atoms with Crippen LogP contribution < -0.4 is 15.8 Å². The molecule has 2 rings (SSSR count). The van der Waals surface area contributed by atoms with Gasteiger partial charge in [0.2, 0.25) is 11.8 Å². The number of hydrogen-bond acceptors (Lipinski definition) is 7. The van der Waals surface area contributed by atoms with Crippen molar-refractivity contribution in [2.75, 3.05) is 17.7 Å². The van der Waals surface area contributed by atoms with Crippen molar-refractivity contribution in [2.45, 2.75) is 13.3 Å². The van der Waals surface area contributed by atoms with E-state index >= 15 is 0 Å². The predicted molar refractivity (Wildman–Crippen MR) is 90.0 cm³/mol. The van der Waals surface area contributed by atoms with Gasteiger partial charge >= 0.3 is 0 Å². The van der Waals surface area contributed by atoms with Gasteiger partial charge in [0.05, 0.1) is 23.6 Å². The number of nitrogen functional groups attached to an aromatic ring is 1. The molecule has 9 nitrogen and oxygen atoms in total. The molecule has 0 aliphatic heterocycles. The van der Waals surface area contributed by atoms with Gasteiger partial charge in [0, 0.05) is 18.2 Å². The lowest BCUT2D eigenvalue weighted by Gasteiger charge is -2.10. The van der Waals surface area contributed by atoms with Crippen molar-refractivity contribution in [1.29, 1.82) is 5.26 Å². The van der Waals surface area contributed by atoms with Crippen molar-refractivity contribution in [2.24, 2.45) is 0 Å². The van der Waals surface area contributed by atoms with E-state index in [2.05, 4.69) is 10.3 Å². The molecule has 1 aromatic heterocycles. The number of pyridine rings is 1. The highest BCUT2D eigenvalue weighted by Gasteiger charge is 2.14. The van der Waals surface area contributed by atoms with Gasteiger partial charge in [-0.05, 0) is 12.5 Å². The van der Waals surface area contributed by atoms with E-state index in [1.165, 1.54) is 30.3 Å². The van der Waals surface area contributed by atoms with Crippen LogP contribution in [0.15, 0.2) is 30.3 Å². The van der Waals surface area contributed by atoms with Gasteiger partial charge in [0.25, 0.3) is 5.69 Å². The Labute approximate surface area is 143 Å². The monoisotopic (exact) mass is 341 g/mol. The van der Waals surface area contributed by atoms with Crippen LogP contribution in [0.4, 0.5) is 17.2 Å². The Bertz CT molecular complexity index is 843. The maximum Gasteiger partial charge on any atom is 0.269 e. The Morgan fingerprint density at radius 1 is 1.44 bits per heavy atom. The maximum absolute atomic E-state index is 12.1. The third kappa shape index (κ3) is 4.42. The van der Waals surface area contributed by atoms with Crippen LogP contribution in [0, 0.1) is 21.4 Å². The number of hydrogen-bond donors (Lipinski definition) is 2. The number of benzene rings is 1. The lowest BCUT2D eigenvalue weighted by Crippen LogP contribution is -2.16. The first-order valence-corrected chi connectivity index (χ1v) is 7.31. The molecule has 0 aliphatic rings. The second kappa shape index (κ2) is 7.74. The van der Waals surface area contributed by atoms with Crippen molar-refractivity contribution >= 4 is 23.1 Å². The third-order valence-electron chi connectivity index (χ3n) is 3.19. The summed E-state index contributed by atoms with van der Waals surface area (Å²) in [5.74, 6) is -0.171. The zero-order valence-corrected chi connectivity index (χ0v) is 13.4. The summed E-state index contributed by atoms with van der Waals surface area (Å²) >= 11 is 0. The summed E-state index contributed by atoms with van der Waals surface area (Å²) in [6, 6.07) is 8.94. The number of amides is 1. The number of carbonyl (C=O) groups excluding carboxylic acids is 1. The van der Waals surface area contributed by atoms with Crippen molar-refractivity contribution in [3.8, 4) is 11.9 Å². The van der Waals surface area contributed by atoms with Crippen LogP contribution in [0.25, 0.3) is 0 Å². The van der Waals surface area contributed by atoms with Crippen molar-refractivity contribution in [3.05, 3.63) is 51.6 Å². The number of carbonyl (C=O) groups is 1. The van der Waals surface area contributed by atoms with Crippen molar-refractivity contribution in [3.63, 3.8) is 0 Å². The molecule has 3 N–H and O–H groups in total. The molecule has 0 fully saturated rings. The average molecular weight is 341 g/mol. The minimum atomic E-state index is -0.511. The van der Waals surface area contributed by atoms with E-state index in [-0.39, 0.29) is 41.0 Å². The molecule has 0 spiro atoms. The summed E-state index contributed by atoms with van der Waals surface area (Å²) < 4.78 is 5.26. The zero-order valence-electron chi connectivity index (χ0n) is 13.4. The highest BCUT2D eigenvalue weighted by molar-refractivity contribution is 5.92. The first-order chi connectivity index (χ1) is 11.9. The van der Waals surface area contributed by atoms with E-state index in [1.807, 2.05) is 6.07 Å². The van der Waals surface area contributed by atoms with Crippen LogP contribution in [0.3, 0.4) is 0 Å². The van der Waals surface area contributed by atoms with Gasteiger partial charge in [-0.25, -0.2) is 0 Å². The predicted octanol–water partition coefficient (Wildman–Crippen LogP) is 2.02. The molecule has 0 bridgehead atoms. The number of aromatic nitrogens is 1. The molecule has 0 saturated carbocycles. The van der Waals surface area contributed by atoms with Crippen LogP contribution >= 0.6 is 0 Å². The molecule has 0 unspecified atom stereocenters. The van der Waals surface area contributed by atoms with E-state index in [1.54, 1.807) is 6.92 Å². The maximum atomic E-state index is 12.1. The number of nitrogens with two attached hydrogens (primary N) is 1. The van der Waals surface area contributed by atoms with Crippen LogP contribution in [0.1, 0.15) is 18.1 Å². The van der Waals surface area contributed by atoms with Gasteiger partial charge in [-0.2, -0.15) is 10.2 Å². The number of anilines is 2. The molecule has 1 aromatic carbocycles. The normalized spacial score (nSPS) is 9.92. The fourth-order valence-corrected chi connectivity index (χ4v) is 2.07. The largest absolute Gasteiger partial charge is 0.477 e. The van der Waals surface area contributed by atoms with E-state index in [9.17, 15) is 14.9 Å². The van der Waals surface area contributed by atoms with Crippen LogP contribution in [0.5, 0.6) is 5.88 Å². The fraction of sp³-hybridized carbons (Fsp3) is 0.188. The summed E-state index contributed by atoms with van der Waals surface area (Å²) in [4.78, 5) is 26.3. The molecule has 1 amide bonds. The van der Waals surface area contributed by atoms with Gasteiger partial charge in [-0.1, -0.05) is 12.1 Å². The standard InChI is InChI=1S/C16H15N5O4/c1-2-25-16-12(9-17)13(18)8-14(20-16)19-15(22)7-10-3-5-11(6-4-10)21(23)24/h3-6,8H,2,7H2,1H3,(H3,18,19,20,22). The second-order valence-corrected chi connectivity index (χ2v) is 4.97. The van der Waals surface area contributed by atoms with Gasteiger partial charge in [0.15, 0.2) is 0 Å². The fourth-order valence-electron chi connectivity index (χ4n) is 2.07. The molecular weight excluding hydrogens is 326 g/mol. The van der Waals surface area contributed by atoms with Gasteiger partial charge in [-0.3, -0.25) is 14.9 Å². The number of non-ortho nitro benzene ring substituents is 1. The molecule has 0 atom stereocenters. The summed E-state index contributed by atoms with van der Waals surface area (Å²) in [6.07, 6.45) is 0.00352. The number of rotatable bonds is 6. The third-order valence-corrected chi connectivity index (χ3v) is 3.19. The van der Waals surface area contributed by atoms with Crippen molar-refractivity contribution < 1.29 is 14.5 Å². The molecule has 128 valence electrons. The Kier molecular flexibility index (Phi) is 5.47. The minimum absolute atomic E-state index is 0.00352. The molecule has 2 aromatic rings. The summed E-state index contributed by atoms with van der Waals surface area (Å²) in [5, 5.41) is 22.3. The summed E-state index contributed by atoms with van der Waals surface area (Å²) in [6.45, 7) is 2.03. The highest BCUT2D eigenvalue weighted by Crippen LogP contribution is 2.25. The molecule has 1 heterocycles. The summed E-state index contributed by atoms with van der Waals surface area (Å²) in [5.41, 5.74) is 6.59. The molecule has 9 heteroatoms. The van der Waals surface area contributed by atoms with Crippen LogP contribution in [-0.2, 0) is 11.2 Å². The number of nitro benzene ring substituents is 1. The number of nitrogens with one attached hydrogen (secondary N) is 1.